The fraction of sp³-hybridized carbons (Fsp3) is 0.429. The van der Waals surface area contributed by atoms with Gasteiger partial charge in [0.15, 0.2) is 0 Å². The second-order valence-electron chi connectivity index (χ2n) is 11.8. The number of rotatable bonds is 14. The molecule has 236 valence electrons. The fourth-order valence-corrected chi connectivity index (χ4v) is 6.73. The van der Waals surface area contributed by atoms with E-state index in [0.717, 1.165) is 47.9 Å². The van der Waals surface area contributed by atoms with Crippen LogP contribution in [-0.4, -0.2) is 57.1 Å². The molecule has 0 saturated heterocycles. The summed E-state index contributed by atoms with van der Waals surface area (Å²) in [5, 5.41) is 3.22. The van der Waals surface area contributed by atoms with Gasteiger partial charge >= 0.3 is 0 Å². The first-order chi connectivity index (χ1) is 21.0. The number of nitrogens with one attached hydrogen (secondary N) is 1. The molecule has 2 amide bonds. The molecule has 4 rings (SSSR count). The zero-order chi connectivity index (χ0) is 31.7. The van der Waals surface area contributed by atoms with E-state index in [-0.39, 0.29) is 37.4 Å². The van der Waals surface area contributed by atoms with Gasteiger partial charge < -0.3 is 15.0 Å². The van der Waals surface area contributed by atoms with Crippen LogP contribution in [0.1, 0.15) is 60.8 Å². The van der Waals surface area contributed by atoms with E-state index in [1.807, 2.05) is 80.6 Å². The Morgan fingerprint density at radius 1 is 0.932 bits per heavy atom. The van der Waals surface area contributed by atoms with Crippen molar-refractivity contribution in [3.63, 3.8) is 0 Å². The maximum Gasteiger partial charge on any atom is 0.243 e. The molecule has 0 aliphatic heterocycles. The van der Waals surface area contributed by atoms with Crippen LogP contribution in [0.4, 0.5) is 5.69 Å². The molecule has 8 nitrogen and oxygen atoms in total. The highest BCUT2D eigenvalue weighted by Crippen LogP contribution is 2.24. The van der Waals surface area contributed by atoms with E-state index < -0.39 is 16.1 Å². The average Bonchev–Trinajstić information content (AvgIpc) is 3.51. The van der Waals surface area contributed by atoms with E-state index in [1.54, 1.807) is 18.1 Å². The molecule has 1 atom stereocenters. The van der Waals surface area contributed by atoms with Crippen LogP contribution in [0.3, 0.4) is 0 Å². The van der Waals surface area contributed by atoms with Crippen LogP contribution < -0.4 is 14.4 Å². The summed E-state index contributed by atoms with van der Waals surface area (Å²) in [7, 11) is -1.98. The Hall–Kier alpha value is -3.85. The van der Waals surface area contributed by atoms with Gasteiger partial charge in [-0.15, -0.1) is 0 Å². The second-order valence-corrected chi connectivity index (χ2v) is 13.7. The van der Waals surface area contributed by atoms with Crippen molar-refractivity contribution in [1.82, 2.24) is 10.2 Å². The van der Waals surface area contributed by atoms with Crippen LogP contribution in [-0.2, 0) is 32.6 Å². The second kappa shape index (κ2) is 15.2. The third kappa shape index (κ3) is 9.08. The molecule has 3 aromatic carbocycles. The molecule has 1 fully saturated rings. The summed E-state index contributed by atoms with van der Waals surface area (Å²) in [6.07, 6.45) is 5.98. The summed E-state index contributed by atoms with van der Waals surface area (Å²) < 4.78 is 32.3. The van der Waals surface area contributed by atoms with Crippen molar-refractivity contribution in [2.45, 2.75) is 77.4 Å². The Bertz CT molecular complexity index is 1520. The molecule has 0 spiro atoms. The van der Waals surface area contributed by atoms with E-state index >= 15 is 0 Å². The van der Waals surface area contributed by atoms with E-state index in [4.69, 9.17) is 4.74 Å². The standard InChI is InChI=1S/C35H45N3O5S/c1-26-19-20-31(22-27(26)2)38(44(4,41)42)21-11-18-34(39)37(25-29-14-10-17-32(23-29)43-3)33(24-28-12-6-5-7-13-28)35(40)36-30-15-8-9-16-30/h5-7,10,12-14,17,19-20,22-23,30,33H,8-9,11,15-16,18,21,24-25H2,1-4H3,(H,36,40)/t33-/m1/s1. The highest BCUT2D eigenvalue weighted by Gasteiger charge is 2.32. The number of nitrogens with zero attached hydrogens (tertiary/aromatic N) is 2. The molecule has 1 N–H and O–H groups in total. The van der Waals surface area contributed by atoms with Gasteiger partial charge in [0, 0.05) is 32.0 Å². The lowest BCUT2D eigenvalue weighted by Gasteiger charge is -2.33. The molecule has 1 aliphatic carbocycles. The third-order valence-electron chi connectivity index (χ3n) is 8.39. The van der Waals surface area contributed by atoms with Gasteiger partial charge in [0.05, 0.1) is 19.1 Å². The van der Waals surface area contributed by atoms with Gasteiger partial charge in [-0.2, -0.15) is 0 Å². The average molecular weight is 620 g/mol. The number of hydrogen-bond acceptors (Lipinski definition) is 5. The highest BCUT2D eigenvalue weighted by molar-refractivity contribution is 7.92. The number of hydrogen-bond donors (Lipinski definition) is 1. The first-order valence-corrected chi connectivity index (χ1v) is 17.2. The van der Waals surface area contributed by atoms with Gasteiger partial charge in [-0.05, 0) is 79.6 Å². The third-order valence-corrected chi connectivity index (χ3v) is 9.58. The SMILES string of the molecule is COc1cccc(CN(C(=O)CCCN(c2ccc(C)c(C)c2)S(C)(=O)=O)[C@H](Cc2ccccc2)C(=O)NC2CCCC2)c1. The molecule has 44 heavy (non-hydrogen) atoms. The van der Waals surface area contributed by atoms with E-state index in [0.29, 0.717) is 24.3 Å². The van der Waals surface area contributed by atoms with Gasteiger partial charge in [-0.3, -0.25) is 13.9 Å². The fourth-order valence-electron chi connectivity index (χ4n) is 5.77. The Balaban J connectivity index is 1.60. The van der Waals surface area contributed by atoms with Gasteiger partial charge in [-0.1, -0.05) is 61.4 Å². The summed E-state index contributed by atoms with van der Waals surface area (Å²) >= 11 is 0. The first-order valence-electron chi connectivity index (χ1n) is 15.4. The minimum Gasteiger partial charge on any atom is -0.497 e. The predicted molar refractivity (Wildman–Crippen MR) is 175 cm³/mol. The smallest absolute Gasteiger partial charge is 0.243 e. The molecular weight excluding hydrogens is 574 g/mol. The Kier molecular flexibility index (Phi) is 11.4. The van der Waals surface area contributed by atoms with Crippen molar-refractivity contribution in [2.24, 2.45) is 0 Å². The summed E-state index contributed by atoms with van der Waals surface area (Å²) in [5.74, 6) is 0.302. The summed E-state index contributed by atoms with van der Waals surface area (Å²) in [6, 6.07) is 22.2. The lowest BCUT2D eigenvalue weighted by atomic mass is 10.0. The maximum absolute atomic E-state index is 14.1. The van der Waals surface area contributed by atoms with Crippen molar-refractivity contribution in [2.75, 3.05) is 24.2 Å². The lowest BCUT2D eigenvalue weighted by Crippen LogP contribution is -2.52. The summed E-state index contributed by atoms with van der Waals surface area (Å²) in [5.41, 5.74) is 4.45. The number of amides is 2. The first kappa shape index (κ1) is 33.1. The minimum absolute atomic E-state index is 0.0861. The molecule has 0 heterocycles. The quantitative estimate of drug-likeness (QED) is 0.255. The van der Waals surface area contributed by atoms with E-state index in [2.05, 4.69) is 5.32 Å². The van der Waals surface area contributed by atoms with Crippen LogP contribution in [0.5, 0.6) is 5.75 Å². The molecule has 0 bridgehead atoms. The molecule has 0 radical (unpaired) electrons. The number of carbonyl (C=O) groups excluding carboxylic acids is 2. The van der Waals surface area contributed by atoms with Crippen molar-refractivity contribution >= 4 is 27.5 Å². The number of benzene rings is 3. The molecule has 0 aromatic heterocycles. The monoisotopic (exact) mass is 619 g/mol. The Morgan fingerprint density at radius 2 is 1.64 bits per heavy atom. The minimum atomic E-state index is -3.58. The number of anilines is 1. The van der Waals surface area contributed by atoms with Gasteiger partial charge in [0.25, 0.3) is 0 Å². The zero-order valence-electron chi connectivity index (χ0n) is 26.3. The molecule has 3 aromatic rings. The van der Waals surface area contributed by atoms with Gasteiger partial charge in [-0.25, -0.2) is 8.42 Å². The largest absolute Gasteiger partial charge is 0.497 e. The number of sulfonamides is 1. The normalized spacial score (nSPS) is 14.2. The van der Waals surface area contributed by atoms with Gasteiger partial charge in [0.1, 0.15) is 11.8 Å². The van der Waals surface area contributed by atoms with Crippen LogP contribution in [0.2, 0.25) is 0 Å². The van der Waals surface area contributed by atoms with Gasteiger partial charge in [0.2, 0.25) is 21.8 Å². The van der Waals surface area contributed by atoms with Crippen molar-refractivity contribution in [3.05, 3.63) is 95.1 Å². The number of carbonyl (C=O) groups is 2. The summed E-state index contributed by atoms with van der Waals surface area (Å²) in [4.78, 5) is 29.7. The van der Waals surface area contributed by atoms with Crippen molar-refractivity contribution < 1.29 is 22.7 Å². The summed E-state index contributed by atoms with van der Waals surface area (Å²) in [6.45, 7) is 4.30. The van der Waals surface area contributed by atoms with Crippen LogP contribution in [0, 0.1) is 13.8 Å². The molecular formula is C35H45N3O5S. The molecule has 9 heteroatoms. The molecule has 1 aliphatic rings. The number of methoxy groups -OCH3 is 1. The van der Waals surface area contributed by atoms with E-state index in [1.165, 1.54) is 10.6 Å². The highest BCUT2D eigenvalue weighted by atomic mass is 32.2. The van der Waals surface area contributed by atoms with Crippen molar-refractivity contribution in [1.29, 1.82) is 0 Å². The topological polar surface area (TPSA) is 96.0 Å². The van der Waals surface area contributed by atoms with Crippen molar-refractivity contribution in [3.8, 4) is 5.75 Å². The lowest BCUT2D eigenvalue weighted by molar-refractivity contribution is -0.141. The van der Waals surface area contributed by atoms with Crippen LogP contribution in [0.25, 0.3) is 0 Å². The predicted octanol–water partition coefficient (Wildman–Crippen LogP) is 5.56. The van der Waals surface area contributed by atoms with E-state index in [9.17, 15) is 18.0 Å². The number of aryl methyl sites for hydroxylation is 2. The molecule has 0 unspecified atom stereocenters. The molecule has 1 saturated carbocycles. The Labute approximate surface area is 262 Å². The van der Waals surface area contributed by atoms with Crippen LogP contribution in [0.15, 0.2) is 72.8 Å². The zero-order valence-corrected chi connectivity index (χ0v) is 27.1. The van der Waals surface area contributed by atoms with Crippen LogP contribution >= 0.6 is 0 Å². The number of ether oxygens (including phenoxy) is 1. The Morgan fingerprint density at radius 3 is 2.30 bits per heavy atom. The maximum atomic E-state index is 14.1.